The van der Waals surface area contributed by atoms with E-state index in [9.17, 15) is 15.0 Å². The first-order chi connectivity index (χ1) is 7.58. The minimum atomic E-state index is -1.32. The Morgan fingerprint density at radius 2 is 2.12 bits per heavy atom. The average molecular weight is 225 g/mol. The fraction of sp³-hybridized carbons (Fsp3) is 0.364. The Hall–Kier alpha value is -1.75. The number of aliphatic carboxylic acids is 1. The second-order valence-corrected chi connectivity index (χ2v) is 3.20. The molecule has 0 radical (unpaired) electrons. The number of methoxy groups -OCH3 is 2. The van der Waals surface area contributed by atoms with Crippen LogP contribution in [-0.4, -0.2) is 25.3 Å². The van der Waals surface area contributed by atoms with Crippen LogP contribution >= 0.6 is 0 Å². The highest BCUT2D eigenvalue weighted by Gasteiger charge is 2.14. The standard InChI is InChI=1S/C11H14O5/c1-15-7-3-4-10(16-2)8(5-7)9(12)6-11(13)14/h3-5,9,12H,6H2,1-2H3,(H,13,14)/p-1. The van der Waals surface area contributed by atoms with Crippen molar-refractivity contribution in [3.05, 3.63) is 23.8 Å². The van der Waals surface area contributed by atoms with Gasteiger partial charge in [-0.3, -0.25) is 0 Å². The molecule has 0 saturated heterocycles. The molecule has 16 heavy (non-hydrogen) atoms. The molecule has 1 rings (SSSR count). The third-order valence-electron chi connectivity index (χ3n) is 2.16. The summed E-state index contributed by atoms with van der Waals surface area (Å²) in [4.78, 5) is 10.4. The zero-order chi connectivity index (χ0) is 12.1. The van der Waals surface area contributed by atoms with Gasteiger partial charge >= 0.3 is 0 Å². The number of carboxylic acids is 1. The molecule has 5 nitrogen and oxygen atoms in total. The summed E-state index contributed by atoms with van der Waals surface area (Å²) in [6.45, 7) is 0. The van der Waals surface area contributed by atoms with Crippen molar-refractivity contribution in [3.8, 4) is 11.5 Å². The van der Waals surface area contributed by atoms with Gasteiger partial charge in [-0.05, 0) is 18.2 Å². The maximum Gasteiger partial charge on any atom is 0.124 e. The van der Waals surface area contributed by atoms with Gasteiger partial charge < -0.3 is 24.5 Å². The van der Waals surface area contributed by atoms with Gasteiger partial charge in [0.1, 0.15) is 11.5 Å². The van der Waals surface area contributed by atoms with Gasteiger partial charge in [0, 0.05) is 18.0 Å². The molecular formula is C11H13O5-. The number of ether oxygens (including phenoxy) is 2. The number of hydrogen-bond donors (Lipinski definition) is 1. The number of rotatable bonds is 5. The number of benzene rings is 1. The second-order valence-electron chi connectivity index (χ2n) is 3.20. The zero-order valence-electron chi connectivity index (χ0n) is 9.10. The van der Waals surface area contributed by atoms with Gasteiger partial charge in [-0.2, -0.15) is 0 Å². The van der Waals surface area contributed by atoms with Crippen molar-refractivity contribution < 1.29 is 24.5 Å². The third kappa shape index (κ3) is 2.87. The predicted molar refractivity (Wildman–Crippen MR) is 54.1 cm³/mol. The summed E-state index contributed by atoms with van der Waals surface area (Å²) in [5.41, 5.74) is 0.367. The Labute approximate surface area is 93.2 Å². The quantitative estimate of drug-likeness (QED) is 0.755. The van der Waals surface area contributed by atoms with Crippen molar-refractivity contribution in [1.82, 2.24) is 0 Å². The van der Waals surface area contributed by atoms with E-state index in [0.717, 1.165) is 0 Å². The van der Waals surface area contributed by atoms with E-state index >= 15 is 0 Å². The summed E-state index contributed by atoms with van der Waals surface area (Å²) in [7, 11) is 2.92. The van der Waals surface area contributed by atoms with Crippen LogP contribution in [0.5, 0.6) is 11.5 Å². The second kappa shape index (κ2) is 5.37. The van der Waals surface area contributed by atoms with E-state index < -0.39 is 18.5 Å². The van der Waals surface area contributed by atoms with E-state index in [0.29, 0.717) is 17.1 Å². The lowest BCUT2D eigenvalue weighted by atomic mass is 10.1. The van der Waals surface area contributed by atoms with Gasteiger partial charge in [0.05, 0.1) is 20.3 Å². The smallest absolute Gasteiger partial charge is 0.124 e. The summed E-state index contributed by atoms with van der Waals surface area (Å²) in [6.07, 6.45) is -1.65. The van der Waals surface area contributed by atoms with Crippen molar-refractivity contribution in [3.63, 3.8) is 0 Å². The molecule has 0 aliphatic carbocycles. The highest BCUT2D eigenvalue weighted by molar-refractivity contribution is 5.65. The van der Waals surface area contributed by atoms with Crippen LogP contribution in [0.4, 0.5) is 0 Å². The molecule has 5 heteroatoms. The van der Waals surface area contributed by atoms with Crippen LogP contribution in [0.3, 0.4) is 0 Å². The molecule has 0 amide bonds. The molecule has 1 aromatic carbocycles. The van der Waals surface area contributed by atoms with Crippen LogP contribution in [-0.2, 0) is 4.79 Å². The number of carboxylic acid groups (broad SMARTS) is 1. The van der Waals surface area contributed by atoms with Gasteiger partial charge in [-0.1, -0.05) is 0 Å². The van der Waals surface area contributed by atoms with Crippen molar-refractivity contribution in [2.24, 2.45) is 0 Å². The van der Waals surface area contributed by atoms with Crippen molar-refractivity contribution in [1.29, 1.82) is 0 Å². The molecule has 0 aromatic heterocycles. The lowest BCUT2D eigenvalue weighted by Gasteiger charge is -2.16. The normalized spacial score (nSPS) is 11.9. The van der Waals surface area contributed by atoms with E-state index in [1.165, 1.54) is 20.3 Å². The van der Waals surface area contributed by atoms with E-state index in [4.69, 9.17) is 9.47 Å². The Morgan fingerprint density at radius 3 is 2.62 bits per heavy atom. The van der Waals surface area contributed by atoms with Gasteiger partial charge in [-0.15, -0.1) is 0 Å². The first-order valence-corrected chi connectivity index (χ1v) is 4.68. The molecule has 0 heterocycles. The number of carbonyl (C=O) groups is 1. The largest absolute Gasteiger partial charge is 0.550 e. The number of hydrogen-bond acceptors (Lipinski definition) is 5. The molecule has 0 aliphatic heterocycles. The maximum absolute atomic E-state index is 10.4. The van der Waals surface area contributed by atoms with Crippen LogP contribution in [0.1, 0.15) is 18.1 Å². The minimum Gasteiger partial charge on any atom is -0.550 e. The van der Waals surface area contributed by atoms with Gasteiger partial charge in [0.25, 0.3) is 0 Å². The number of aliphatic hydroxyl groups is 1. The lowest BCUT2D eigenvalue weighted by Crippen LogP contribution is -2.24. The highest BCUT2D eigenvalue weighted by atomic mass is 16.5. The monoisotopic (exact) mass is 225 g/mol. The Balaban J connectivity index is 3.02. The van der Waals surface area contributed by atoms with E-state index in [-0.39, 0.29) is 0 Å². The fourth-order valence-corrected chi connectivity index (χ4v) is 1.37. The maximum atomic E-state index is 10.4. The first kappa shape index (κ1) is 12.3. The van der Waals surface area contributed by atoms with Crippen LogP contribution in [0.2, 0.25) is 0 Å². The van der Waals surface area contributed by atoms with Crippen molar-refractivity contribution >= 4 is 5.97 Å². The molecular weight excluding hydrogens is 212 g/mol. The zero-order valence-corrected chi connectivity index (χ0v) is 9.10. The Bertz CT molecular complexity index is 375. The van der Waals surface area contributed by atoms with Crippen LogP contribution < -0.4 is 14.6 Å². The number of carbonyl (C=O) groups excluding carboxylic acids is 1. The molecule has 0 spiro atoms. The molecule has 0 aliphatic rings. The predicted octanol–water partition coefficient (Wildman–Crippen LogP) is -0.123. The van der Waals surface area contributed by atoms with Crippen molar-refractivity contribution in [2.75, 3.05) is 14.2 Å². The summed E-state index contributed by atoms with van der Waals surface area (Å²) < 4.78 is 10.00. The van der Waals surface area contributed by atoms with Gasteiger partial charge in [0.15, 0.2) is 0 Å². The third-order valence-corrected chi connectivity index (χ3v) is 2.16. The molecule has 0 fully saturated rings. The SMILES string of the molecule is COc1ccc(OC)c(C(O)CC(=O)[O-])c1. The number of aliphatic hydroxyl groups excluding tert-OH is 1. The molecule has 88 valence electrons. The topological polar surface area (TPSA) is 78.8 Å². The van der Waals surface area contributed by atoms with Crippen molar-refractivity contribution in [2.45, 2.75) is 12.5 Å². The molecule has 0 bridgehead atoms. The van der Waals surface area contributed by atoms with E-state index in [1.54, 1.807) is 12.1 Å². The van der Waals surface area contributed by atoms with Crippen LogP contribution in [0, 0.1) is 0 Å². The molecule has 0 saturated carbocycles. The summed E-state index contributed by atoms with van der Waals surface area (Å²) >= 11 is 0. The first-order valence-electron chi connectivity index (χ1n) is 4.68. The summed E-state index contributed by atoms with van der Waals surface area (Å²) in [5, 5.41) is 20.1. The molecule has 1 aromatic rings. The molecule has 1 atom stereocenters. The summed E-state index contributed by atoms with van der Waals surface area (Å²) in [6, 6.07) is 4.80. The molecule has 1 unspecified atom stereocenters. The van der Waals surface area contributed by atoms with Gasteiger partial charge in [-0.25, -0.2) is 0 Å². The fourth-order valence-electron chi connectivity index (χ4n) is 1.37. The van der Waals surface area contributed by atoms with Crippen LogP contribution in [0.25, 0.3) is 0 Å². The average Bonchev–Trinajstić information content (AvgIpc) is 2.27. The highest BCUT2D eigenvalue weighted by Crippen LogP contribution is 2.30. The molecule has 1 N–H and O–H groups in total. The Morgan fingerprint density at radius 1 is 1.44 bits per heavy atom. The minimum absolute atomic E-state index is 0.367. The lowest BCUT2D eigenvalue weighted by molar-refractivity contribution is -0.307. The van der Waals surface area contributed by atoms with Crippen LogP contribution in [0.15, 0.2) is 18.2 Å². The summed E-state index contributed by atoms with van der Waals surface area (Å²) in [5.74, 6) is -0.389. The van der Waals surface area contributed by atoms with E-state index in [1.807, 2.05) is 0 Å². The Kier molecular flexibility index (Phi) is 4.13. The van der Waals surface area contributed by atoms with E-state index in [2.05, 4.69) is 0 Å². The van der Waals surface area contributed by atoms with Gasteiger partial charge in [0.2, 0.25) is 0 Å².